The van der Waals surface area contributed by atoms with E-state index in [1.165, 1.54) is 0 Å². The van der Waals surface area contributed by atoms with Crippen molar-refractivity contribution < 1.29 is 14.3 Å². The Morgan fingerprint density at radius 1 is 1.10 bits per heavy atom. The maximum atomic E-state index is 12.4. The average molecular weight is 417 g/mol. The van der Waals surface area contributed by atoms with Crippen LogP contribution in [0.3, 0.4) is 0 Å². The molecule has 2 N–H and O–H groups in total. The molecule has 1 atom stereocenters. The van der Waals surface area contributed by atoms with Gasteiger partial charge in [0, 0.05) is 50.9 Å². The van der Waals surface area contributed by atoms with E-state index < -0.39 is 0 Å². The van der Waals surface area contributed by atoms with Crippen molar-refractivity contribution in [2.75, 3.05) is 52.4 Å². The van der Waals surface area contributed by atoms with Gasteiger partial charge in [-0.05, 0) is 30.9 Å². The normalized spacial score (nSPS) is 21.5. The molecule has 0 aromatic heterocycles. The number of piperidine rings is 1. The van der Waals surface area contributed by atoms with Crippen LogP contribution in [-0.4, -0.2) is 86.2 Å². The Morgan fingerprint density at radius 2 is 1.83 bits per heavy atom. The molecule has 0 saturated carbocycles. The van der Waals surface area contributed by atoms with E-state index in [1.807, 2.05) is 30.3 Å². The summed E-state index contributed by atoms with van der Waals surface area (Å²) in [7, 11) is 0. The first-order valence-corrected chi connectivity index (χ1v) is 11.2. The van der Waals surface area contributed by atoms with Crippen LogP contribution >= 0.6 is 0 Å². The van der Waals surface area contributed by atoms with Crippen LogP contribution in [0.2, 0.25) is 0 Å². The molecule has 7 heteroatoms. The van der Waals surface area contributed by atoms with Crippen LogP contribution in [0.25, 0.3) is 0 Å². The summed E-state index contributed by atoms with van der Waals surface area (Å²) in [6.07, 6.45) is 1.80. The molecule has 1 aromatic rings. The maximum absolute atomic E-state index is 12.4. The summed E-state index contributed by atoms with van der Waals surface area (Å²) in [6, 6.07) is 9.47. The number of morpholine rings is 1. The zero-order valence-corrected chi connectivity index (χ0v) is 18.3. The molecular formula is C23H36N4O3. The van der Waals surface area contributed by atoms with Gasteiger partial charge in [-0.15, -0.1) is 0 Å². The summed E-state index contributed by atoms with van der Waals surface area (Å²) in [5, 5.41) is 6.14. The SMILES string of the molecule is CC(C)CN1CCOC(CNC(=O)CN2CCC(NC(=O)c3ccccc3)CC2)C1. The first kappa shape index (κ1) is 22.7. The number of hydrogen-bond acceptors (Lipinski definition) is 5. The van der Waals surface area contributed by atoms with Crippen LogP contribution in [0.1, 0.15) is 37.0 Å². The minimum absolute atomic E-state index is 0.0224. The molecule has 30 heavy (non-hydrogen) atoms. The van der Waals surface area contributed by atoms with E-state index in [4.69, 9.17) is 4.74 Å². The molecule has 0 bridgehead atoms. The van der Waals surface area contributed by atoms with Gasteiger partial charge in [-0.1, -0.05) is 32.0 Å². The molecule has 7 nitrogen and oxygen atoms in total. The molecule has 2 amide bonds. The first-order valence-electron chi connectivity index (χ1n) is 11.2. The van der Waals surface area contributed by atoms with Gasteiger partial charge in [0.1, 0.15) is 0 Å². The summed E-state index contributed by atoms with van der Waals surface area (Å²) in [6.45, 7) is 10.7. The number of nitrogens with zero attached hydrogens (tertiary/aromatic N) is 2. The third-order valence-corrected chi connectivity index (χ3v) is 5.70. The van der Waals surface area contributed by atoms with Crippen LogP contribution in [0.15, 0.2) is 30.3 Å². The smallest absolute Gasteiger partial charge is 0.251 e. The fraction of sp³-hybridized carbons (Fsp3) is 0.652. The fourth-order valence-corrected chi connectivity index (χ4v) is 4.17. The lowest BCUT2D eigenvalue weighted by atomic mass is 10.0. The van der Waals surface area contributed by atoms with Crippen molar-refractivity contribution in [3.8, 4) is 0 Å². The lowest BCUT2D eigenvalue weighted by Crippen LogP contribution is -2.50. The van der Waals surface area contributed by atoms with Gasteiger partial charge in [0.25, 0.3) is 5.91 Å². The molecule has 1 aromatic carbocycles. The minimum Gasteiger partial charge on any atom is -0.374 e. The largest absolute Gasteiger partial charge is 0.374 e. The van der Waals surface area contributed by atoms with E-state index in [0.717, 1.165) is 52.2 Å². The number of likely N-dealkylation sites (tertiary alicyclic amines) is 1. The van der Waals surface area contributed by atoms with E-state index in [9.17, 15) is 9.59 Å². The second-order valence-electron chi connectivity index (χ2n) is 8.84. The van der Waals surface area contributed by atoms with E-state index in [-0.39, 0.29) is 24.0 Å². The third kappa shape index (κ3) is 7.38. The van der Waals surface area contributed by atoms with Crippen molar-refractivity contribution >= 4 is 11.8 Å². The van der Waals surface area contributed by atoms with Crippen LogP contribution < -0.4 is 10.6 Å². The van der Waals surface area contributed by atoms with Crippen molar-refractivity contribution in [2.24, 2.45) is 5.92 Å². The number of ether oxygens (including phenoxy) is 1. The third-order valence-electron chi connectivity index (χ3n) is 5.70. The van der Waals surface area contributed by atoms with E-state index in [1.54, 1.807) is 0 Å². The lowest BCUT2D eigenvalue weighted by molar-refractivity contribution is -0.123. The molecule has 0 radical (unpaired) electrons. The van der Waals surface area contributed by atoms with Crippen molar-refractivity contribution in [3.63, 3.8) is 0 Å². The average Bonchev–Trinajstić information content (AvgIpc) is 2.74. The van der Waals surface area contributed by atoms with Crippen LogP contribution in [0, 0.1) is 5.92 Å². The molecule has 0 aliphatic carbocycles. The number of nitrogens with one attached hydrogen (secondary N) is 2. The van der Waals surface area contributed by atoms with Crippen LogP contribution in [-0.2, 0) is 9.53 Å². The Morgan fingerprint density at radius 3 is 2.53 bits per heavy atom. The molecule has 3 rings (SSSR count). The van der Waals surface area contributed by atoms with E-state index >= 15 is 0 Å². The predicted molar refractivity (Wildman–Crippen MR) is 117 cm³/mol. The molecule has 2 aliphatic rings. The van der Waals surface area contributed by atoms with Gasteiger partial charge in [0.05, 0.1) is 19.3 Å². The highest BCUT2D eigenvalue weighted by atomic mass is 16.5. The van der Waals surface area contributed by atoms with Crippen LogP contribution in [0.5, 0.6) is 0 Å². The summed E-state index contributed by atoms with van der Waals surface area (Å²) in [5.74, 6) is 0.663. The quantitative estimate of drug-likeness (QED) is 0.669. The Labute approximate surface area is 180 Å². The van der Waals surface area contributed by atoms with Crippen molar-refractivity contribution in [3.05, 3.63) is 35.9 Å². The fourth-order valence-electron chi connectivity index (χ4n) is 4.17. The highest BCUT2D eigenvalue weighted by Crippen LogP contribution is 2.11. The van der Waals surface area contributed by atoms with Crippen molar-refractivity contribution in [1.29, 1.82) is 0 Å². The lowest BCUT2D eigenvalue weighted by Gasteiger charge is -2.34. The Kier molecular flexibility index (Phi) is 8.66. The highest BCUT2D eigenvalue weighted by Gasteiger charge is 2.24. The first-order chi connectivity index (χ1) is 14.5. The summed E-state index contributed by atoms with van der Waals surface area (Å²) in [4.78, 5) is 29.2. The van der Waals surface area contributed by atoms with E-state index in [2.05, 4.69) is 34.3 Å². The Hall–Kier alpha value is -1.96. The predicted octanol–water partition coefficient (Wildman–Crippen LogP) is 1.35. The van der Waals surface area contributed by atoms with Gasteiger partial charge >= 0.3 is 0 Å². The summed E-state index contributed by atoms with van der Waals surface area (Å²) in [5.41, 5.74) is 0.691. The van der Waals surface area contributed by atoms with Crippen molar-refractivity contribution in [2.45, 2.75) is 38.8 Å². The van der Waals surface area contributed by atoms with Gasteiger partial charge in [-0.2, -0.15) is 0 Å². The van der Waals surface area contributed by atoms with E-state index in [0.29, 0.717) is 24.6 Å². The number of benzene rings is 1. The zero-order chi connectivity index (χ0) is 21.3. The number of rotatable bonds is 8. The Balaban J connectivity index is 1.32. The molecule has 166 valence electrons. The molecule has 1 unspecified atom stereocenters. The Bertz CT molecular complexity index is 674. The molecule has 2 fully saturated rings. The van der Waals surface area contributed by atoms with Gasteiger partial charge < -0.3 is 15.4 Å². The number of amides is 2. The topological polar surface area (TPSA) is 73.9 Å². The van der Waals surface area contributed by atoms with Gasteiger partial charge in [-0.3, -0.25) is 19.4 Å². The van der Waals surface area contributed by atoms with Gasteiger partial charge in [0.15, 0.2) is 0 Å². The summed E-state index contributed by atoms with van der Waals surface area (Å²) < 4.78 is 5.81. The van der Waals surface area contributed by atoms with Crippen molar-refractivity contribution in [1.82, 2.24) is 20.4 Å². The monoisotopic (exact) mass is 416 g/mol. The zero-order valence-electron chi connectivity index (χ0n) is 18.3. The van der Waals surface area contributed by atoms with Gasteiger partial charge in [0.2, 0.25) is 5.91 Å². The second-order valence-corrected chi connectivity index (χ2v) is 8.84. The molecule has 2 aliphatic heterocycles. The standard InChI is InChI=1S/C23H36N4O3/c1-18(2)15-27-12-13-30-21(16-27)14-24-22(28)17-26-10-8-20(9-11-26)25-23(29)19-6-4-3-5-7-19/h3-7,18,20-21H,8-17H2,1-2H3,(H,24,28)(H,25,29). The second kappa shape index (κ2) is 11.4. The van der Waals surface area contributed by atoms with Gasteiger partial charge in [-0.25, -0.2) is 0 Å². The minimum atomic E-state index is -0.0224. The number of carbonyl (C=O) groups is 2. The highest BCUT2D eigenvalue weighted by molar-refractivity contribution is 5.94. The number of hydrogen-bond donors (Lipinski definition) is 2. The number of carbonyl (C=O) groups excluding carboxylic acids is 2. The molecule has 2 heterocycles. The molecule has 2 saturated heterocycles. The van der Waals surface area contributed by atoms with Crippen LogP contribution in [0.4, 0.5) is 0 Å². The summed E-state index contributed by atoms with van der Waals surface area (Å²) >= 11 is 0. The molecule has 0 spiro atoms. The maximum Gasteiger partial charge on any atom is 0.251 e. The molecular weight excluding hydrogens is 380 g/mol.